The molecular weight excluding hydrogens is 766 g/mol. The van der Waals surface area contributed by atoms with Crippen molar-refractivity contribution in [2.75, 3.05) is 0 Å². The second kappa shape index (κ2) is 11.2. The highest BCUT2D eigenvalue weighted by Gasteiger charge is 3.00. The number of rotatable bonds is 13. The van der Waals surface area contributed by atoms with E-state index in [1.807, 2.05) is 0 Å². The van der Waals surface area contributed by atoms with Gasteiger partial charge < -0.3 is 4.74 Å². The minimum absolute atomic E-state index is 0.152. The molecule has 28 heteroatoms. The van der Waals surface area contributed by atoms with Crippen molar-refractivity contribution >= 4 is 5.97 Å². The average molecular weight is 778 g/mol. The van der Waals surface area contributed by atoms with Crippen LogP contribution in [-0.2, 0) is 9.53 Å². The van der Waals surface area contributed by atoms with Gasteiger partial charge in [-0.1, -0.05) is 27.4 Å². The molecule has 0 aromatic heterocycles. The Kier molecular flexibility index (Phi) is 10.6. The molecule has 48 heavy (non-hydrogen) atoms. The van der Waals surface area contributed by atoms with Gasteiger partial charge in [-0.2, -0.15) is 110 Å². The molecule has 0 radical (unpaired) electrons. The fourth-order valence-electron chi connectivity index (χ4n) is 3.23. The molecule has 0 aromatic rings. The minimum Gasteiger partial charge on any atom is -0.433 e. The zero-order valence-corrected chi connectivity index (χ0v) is 22.4. The van der Waals surface area contributed by atoms with E-state index in [1.54, 1.807) is 0 Å². The summed E-state index contributed by atoms with van der Waals surface area (Å²) in [7, 11) is 0. The van der Waals surface area contributed by atoms with Crippen LogP contribution in [0.3, 0.4) is 0 Å². The topological polar surface area (TPSA) is 26.3 Å². The molecule has 0 saturated heterocycles. The van der Waals surface area contributed by atoms with Gasteiger partial charge >= 0.3 is 77.3 Å². The van der Waals surface area contributed by atoms with E-state index in [-0.39, 0.29) is 20.8 Å². The maximum absolute atomic E-state index is 15.2. The smallest absolute Gasteiger partial charge is 0.433 e. The lowest BCUT2D eigenvalue weighted by Gasteiger charge is -2.48. The summed E-state index contributed by atoms with van der Waals surface area (Å²) in [6.07, 6.45) is -8.69. The number of carbonyl (C=O) groups is 1. The number of ether oxygens (including phenoxy) is 1. The Morgan fingerprint density at radius 3 is 0.750 bits per heavy atom. The van der Waals surface area contributed by atoms with Crippen LogP contribution in [-0.4, -0.2) is 83.0 Å². The minimum atomic E-state index is -9.77. The van der Waals surface area contributed by atoms with Gasteiger partial charge in [0.05, 0.1) is 6.26 Å². The highest BCUT2D eigenvalue weighted by molar-refractivity contribution is 5.83. The van der Waals surface area contributed by atoms with E-state index in [9.17, 15) is 115 Å². The molecule has 0 aliphatic heterocycles. The summed E-state index contributed by atoms with van der Waals surface area (Å²) >= 11 is 0. The van der Waals surface area contributed by atoms with E-state index in [1.165, 1.54) is 0 Å². The highest BCUT2D eigenvalue weighted by Crippen LogP contribution is 2.69. The third-order valence-electron chi connectivity index (χ3n) is 6.24. The summed E-state index contributed by atoms with van der Waals surface area (Å²) in [4.78, 5) is 11.7. The normalized spacial score (nSPS) is 17.6. The van der Waals surface area contributed by atoms with Crippen molar-refractivity contribution in [3.63, 3.8) is 0 Å². The second-order valence-electron chi connectivity index (χ2n) is 10.3. The second-order valence-corrected chi connectivity index (χ2v) is 10.3. The number of hydrogen-bond acceptors (Lipinski definition) is 2. The fourth-order valence-corrected chi connectivity index (χ4v) is 3.23. The Morgan fingerprint density at radius 2 is 0.583 bits per heavy atom. The van der Waals surface area contributed by atoms with Crippen molar-refractivity contribution in [1.82, 2.24) is 0 Å². The monoisotopic (exact) mass is 778 g/mol. The van der Waals surface area contributed by atoms with Crippen molar-refractivity contribution in [2.45, 2.75) is 97.8 Å². The van der Waals surface area contributed by atoms with Crippen LogP contribution in [0.1, 0.15) is 20.8 Å². The number of esters is 1. The zero-order chi connectivity index (χ0) is 40.0. The van der Waals surface area contributed by atoms with Gasteiger partial charge in [-0.05, 0) is 0 Å². The summed E-state index contributed by atoms with van der Waals surface area (Å²) in [6, 6.07) is 0. The summed E-state index contributed by atoms with van der Waals surface area (Å²) in [5, 5.41) is 0. The molecule has 0 saturated carbocycles. The van der Waals surface area contributed by atoms with E-state index in [0.717, 1.165) is 0 Å². The largest absolute Gasteiger partial charge is 0.460 e. The van der Waals surface area contributed by atoms with Crippen LogP contribution in [0, 0.1) is 5.41 Å². The SMILES string of the molecule is C=COC(=O)C(F)(C(C)(C)C)C(F)(F)C(F)(F)C(F)(F)C(F)(F)C(F)(F)C(F)(F)C(F)(F)C(F)(F)C(F)(F)C(F)(F)C(F)(F)C(F)(F)F. The Morgan fingerprint density at radius 1 is 0.396 bits per heavy atom. The number of carbonyl (C=O) groups excluding carboxylic acids is 1. The third-order valence-corrected chi connectivity index (χ3v) is 6.24. The molecule has 0 rings (SSSR count). The molecular formula is C20H12F26O2. The van der Waals surface area contributed by atoms with Crippen molar-refractivity contribution in [3.8, 4) is 0 Å². The van der Waals surface area contributed by atoms with Crippen molar-refractivity contribution < 1.29 is 124 Å². The Hall–Kier alpha value is -2.61. The van der Waals surface area contributed by atoms with Gasteiger partial charge in [0.2, 0.25) is 0 Å². The molecule has 0 aliphatic carbocycles. The first-order valence-electron chi connectivity index (χ1n) is 11.0. The molecule has 0 aliphatic rings. The van der Waals surface area contributed by atoms with Gasteiger partial charge in [-0.15, -0.1) is 0 Å². The van der Waals surface area contributed by atoms with Crippen LogP contribution < -0.4 is 0 Å². The first kappa shape index (κ1) is 45.4. The van der Waals surface area contributed by atoms with Crippen LogP contribution >= 0.6 is 0 Å². The van der Waals surface area contributed by atoms with E-state index in [0.29, 0.717) is 0 Å². The van der Waals surface area contributed by atoms with Crippen molar-refractivity contribution in [2.24, 2.45) is 5.41 Å². The van der Waals surface area contributed by atoms with Crippen molar-refractivity contribution in [3.05, 3.63) is 12.8 Å². The molecule has 0 spiro atoms. The quantitative estimate of drug-likeness (QED) is 0.106. The molecule has 1 unspecified atom stereocenters. The van der Waals surface area contributed by atoms with Crippen molar-refractivity contribution in [1.29, 1.82) is 0 Å². The lowest BCUT2D eigenvalue weighted by Crippen LogP contribution is -2.79. The van der Waals surface area contributed by atoms with E-state index < -0.39 is 94.6 Å². The number of hydrogen-bond donors (Lipinski definition) is 0. The lowest BCUT2D eigenvalue weighted by molar-refractivity contribution is -0.483. The maximum Gasteiger partial charge on any atom is 0.460 e. The van der Waals surface area contributed by atoms with Gasteiger partial charge in [-0.25, -0.2) is 9.18 Å². The van der Waals surface area contributed by atoms with E-state index >= 15 is 4.39 Å². The summed E-state index contributed by atoms with van der Waals surface area (Å²) in [5.41, 5.74) is -9.91. The molecule has 2 nitrogen and oxygen atoms in total. The van der Waals surface area contributed by atoms with Gasteiger partial charge in [-0.3, -0.25) is 0 Å². The van der Waals surface area contributed by atoms with Gasteiger partial charge in [0.25, 0.3) is 5.67 Å². The fraction of sp³-hybridized carbons (Fsp3) is 0.850. The standard InChI is InChI=1S/C20H12F26O2/c1-5-48-6(47)8(21,7(2,3)4)9(22,23)10(24,25)11(26,27)12(28,29)13(30,31)14(32,33)15(34,35)16(36,37)17(38,39)18(40,41)19(42,43)20(44,45)46/h5H,1H2,2-4H3. The van der Waals surface area contributed by atoms with E-state index in [4.69, 9.17) is 0 Å². The molecule has 286 valence electrons. The molecule has 0 aromatic carbocycles. The van der Waals surface area contributed by atoms with Crippen LogP contribution in [0.2, 0.25) is 0 Å². The average Bonchev–Trinajstić information content (AvgIpc) is 2.85. The molecule has 0 fully saturated rings. The Balaban J connectivity index is 7.73. The summed E-state index contributed by atoms with van der Waals surface area (Å²) < 4.78 is 359. The first-order chi connectivity index (χ1) is 20.2. The van der Waals surface area contributed by atoms with Gasteiger partial charge in [0, 0.05) is 5.41 Å². The summed E-state index contributed by atoms with van der Waals surface area (Å²) in [5.74, 6) is -106. The number of halogens is 26. The van der Waals surface area contributed by atoms with Crippen LogP contribution in [0.5, 0.6) is 0 Å². The number of alkyl halides is 26. The van der Waals surface area contributed by atoms with Crippen LogP contribution in [0.25, 0.3) is 0 Å². The van der Waals surface area contributed by atoms with Gasteiger partial charge in [0.1, 0.15) is 0 Å². The predicted octanol–water partition coefficient (Wildman–Crippen LogP) is 9.98. The highest BCUT2D eigenvalue weighted by atomic mass is 19.4. The van der Waals surface area contributed by atoms with E-state index in [2.05, 4.69) is 11.3 Å². The van der Waals surface area contributed by atoms with Gasteiger partial charge in [0.15, 0.2) is 0 Å². The zero-order valence-electron chi connectivity index (χ0n) is 22.4. The summed E-state index contributed by atoms with van der Waals surface area (Å²) in [6.45, 7) is 1.91. The molecule has 1 atom stereocenters. The molecule has 0 amide bonds. The third kappa shape index (κ3) is 5.12. The molecule has 0 bridgehead atoms. The molecule has 0 heterocycles. The maximum atomic E-state index is 15.2. The lowest BCUT2D eigenvalue weighted by atomic mass is 9.70. The Labute approximate surface area is 247 Å². The molecule has 0 N–H and O–H groups in total. The Bertz CT molecular complexity index is 1220. The van der Waals surface area contributed by atoms with Crippen LogP contribution in [0.4, 0.5) is 114 Å². The van der Waals surface area contributed by atoms with Crippen LogP contribution in [0.15, 0.2) is 12.8 Å². The first-order valence-corrected chi connectivity index (χ1v) is 11.0. The predicted molar refractivity (Wildman–Crippen MR) is 100 cm³/mol.